The molecule has 0 aromatic heterocycles. The maximum Gasteiger partial charge on any atom is 1.00 e. The summed E-state index contributed by atoms with van der Waals surface area (Å²) >= 11 is 0. The Morgan fingerprint density at radius 1 is 1.80 bits per heavy atom. The minimum Gasteiger partial charge on any atom is -1.00 e. The Morgan fingerprint density at radius 3 is 1.80 bits per heavy atom. The van der Waals surface area contributed by atoms with E-state index in [1.165, 1.54) is 5.34 Å². The summed E-state index contributed by atoms with van der Waals surface area (Å²) in [5, 5.41) is 7.89. The molecule has 0 aromatic rings. The number of rotatable bonds is 0. The van der Waals surface area contributed by atoms with Crippen LogP contribution in [0.15, 0.2) is 5.34 Å². The van der Waals surface area contributed by atoms with Crippen LogP contribution in [0, 0.1) is 4.91 Å². The van der Waals surface area contributed by atoms with Crippen LogP contribution >= 0.6 is 0 Å². The van der Waals surface area contributed by atoms with Crippen LogP contribution in [0.3, 0.4) is 0 Å². The van der Waals surface area contributed by atoms with Gasteiger partial charge in [0.05, 0.1) is 0 Å². The Morgan fingerprint density at radius 2 is 1.80 bits per heavy atom. The largest absolute Gasteiger partial charge is 1.00 e. The van der Waals surface area contributed by atoms with Gasteiger partial charge in [0.15, 0.2) is 5.34 Å². The molecule has 0 aliphatic heterocycles. The van der Waals surface area contributed by atoms with E-state index in [1.807, 2.05) is 0 Å². The zero-order valence-electron chi connectivity index (χ0n) is 3.88. The van der Waals surface area contributed by atoms with Gasteiger partial charge in [0.1, 0.15) is 0 Å². The van der Waals surface area contributed by atoms with E-state index in [0.717, 1.165) is 0 Å². The predicted molar refractivity (Wildman–Crippen MR) is 14.4 cm³/mol. The Kier molecular flexibility index (Phi) is 68.6. The molecule has 0 aliphatic carbocycles. The minimum absolute atomic E-state index is 0. The molecule has 3 radical (unpaired) electrons. The number of nitrogens with zero attached hydrogens (tertiary/aromatic N) is 1. The molecule has 0 unspecified atom stereocenters. The Bertz CT molecular complexity index is 21.0. The standard InChI is InChI=1S/Al.HNO2.Na.H/c;2-1-3;;/h;(H,2,3);;/q;;+1;-1. The zero-order valence-corrected chi connectivity index (χ0v) is 6.03. The average Bonchev–Trinajstić information content (AvgIpc) is 0.918. The van der Waals surface area contributed by atoms with E-state index in [-0.39, 0.29) is 48.3 Å². The summed E-state index contributed by atoms with van der Waals surface area (Å²) in [6.07, 6.45) is 0. The summed E-state index contributed by atoms with van der Waals surface area (Å²) in [6.45, 7) is 0. The van der Waals surface area contributed by atoms with Crippen LogP contribution in [0.25, 0.3) is 0 Å². The summed E-state index contributed by atoms with van der Waals surface area (Å²) in [6, 6.07) is 0. The van der Waals surface area contributed by atoms with E-state index in [1.54, 1.807) is 0 Å². The average molecular weight is 98.0 g/mol. The monoisotopic (exact) mass is 98.0 g/mol. The van der Waals surface area contributed by atoms with E-state index < -0.39 is 0 Å². The van der Waals surface area contributed by atoms with Crippen LogP contribution in [0.2, 0.25) is 0 Å². The molecule has 0 fully saturated rings. The van der Waals surface area contributed by atoms with Crippen LogP contribution in [0.4, 0.5) is 0 Å². The van der Waals surface area contributed by atoms with Gasteiger partial charge in [-0.05, 0) is 0 Å². The third-order valence-corrected chi connectivity index (χ3v) is 0. The van der Waals surface area contributed by atoms with Crippen molar-refractivity contribution in [3.05, 3.63) is 4.91 Å². The summed E-state index contributed by atoms with van der Waals surface area (Å²) in [4.78, 5) is 8.11. The molecule has 23 valence electrons. The first-order valence-electron chi connectivity index (χ1n) is 0.383. The van der Waals surface area contributed by atoms with Gasteiger partial charge in [-0.2, -0.15) is 0 Å². The van der Waals surface area contributed by atoms with Crippen molar-refractivity contribution < 1.29 is 36.2 Å². The van der Waals surface area contributed by atoms with Gasteiger partial charge in [0, 0.05) is 17.4 Å². The van der Waals surface area contributed by atoms with E-state index >= 15 is 0 Å². The molecule has 0 heterocycles. The van der Waals surface area contributed by atoms with Gasteiger partial charge in [-0.3, -0.25) is 0 Å². The molecule has 0 bridgehead atoms. The van der Waals surface area contributed by atoms with Crippen molar-refractivity contribution in [3.63, 3.8) is 0 Å². The summed E-state index contributed by atoms with van der Waals surface area (Å²) < 4.78 is 0. The van der Waals surface area contributed by atoms with Gasteiger partial charge >= 0.3 is 29.6 Å². The quantitative estimate of drug-likeness (QED) is 0.198. The first-order chi connectivity index (χ1) is 1.41. The topological polar surface area (TPSA) is 49.7 Å². The van der Waals surface area contributed by atoms with Crippen molar-refractivity contribution in [2.45, 2.75) is 0 Å². The molecule has 1 N–H and O–H groups in total. The van der Waals surface area contributed by atoms with E-state index in [2.05, 4.69) is 0 Å². The fraction of sp³-hybridized carbons (Fsp3) is 0. The SMILES string of the molecule is O=NO.[Al].[H-].[Na+]. The molecule has 0 aliphatic rings. The van der Waals surface area contributed by atoms with E-state index in [9.17, 15) is 0 Å². The second kappa shape index (κ2) is 20.4. The maximum absolute atomic E-state index is 8.11. The van der Waals surface area contributed by atoms with Crippen molar-refractivity contribution in [2.75, 3.05) is 0 Å². The molecule has 3 nitrogen and oxygen atoms in total. The molecular weight excluding hydrogens is 96.0 g/mol. The minimum atomic E-state index is 0. The Labute approximate surface area is 63.6 Å². The molecule has 0 rings (SSSR count). The van der Waals surface area contributed by atoms with Gasteiger partial charge < -0.3 is 6.63 Å². The van der Waals surface area contributed by atoms with Gasteiger partial charge in [0.25, 0.3) is 0 Å². The van der Waals surface area contributed by atoms with Crippen LogP contribution in [-0.4, -0.2) is 22.6 Å². The van der Waals surface area contributed by atoms with Crippen LogP contribution in [0.1, 0.15) is 1.43 Å². The normalized spacial score (nSPS) is 2.40. The Hall–Kier alpha value is 0.932. The Balaban J connectivity index is -0.00000000667. The molecule has 0 spiro atoms. The molecule has 0 aromatic carbocycles. The zero-order chi connectivity index (χ0) is 2.71. The van der Waals surface area contributed by atoms with Crippen molar-refractivity contribution >= 4 is 17.4 Å². The van der Waals surface area contributed by atoms with Gasteiger partial charge in [-0.1, -0.05) is 0 Å². The molecule has 0 atom stereocenters. The van der Waals surface area contributed by atoms with Crippen molar-refractivity contribution in [2.24, 2.45) is 5.34 Å². The second-order valence-corrected chi connectivity index (χ2v) is 0.0816. The number of hydrogen-bond donors (Lipinski definition) is 1. The van der Waals surface area contributed by atoms with Crippen molar-refractivity contribution in [1.29, 1.82) is 0 Å². The van der Waals surface area contributed by atoms with Crippen LogP contribution < -0.4 is 29.6 Å². The summed E-state index contributed by atoms with van der Waals surface area (Å²) in [5.74, 6) is 0. The number of hydrogen-bond acceptors (Lipinski definition) is 2. The molecule has 0 amide bonds. The predicted octanol–water partition coefficient (Wildman–Crippen LogP) is -3.12. The summed E-state index contributed by atoms with van der Waals surface area (Å²) in [7, 11) is 0. The third-order valence-electron chi connectivity index (χ3n) is 0. The molecule has 0 saturated carbocycles. The fourth-order valence-electron chi connectivity index (χ4n) is 0. The first-order valence-corrected chi connectivity index (χ1v) is 0.383. The van der Waals surface area contributed by atoms with Crippen molar-refractivity contribution in [1.82, 2.24) is 0 Å². The third kappa shape index (κ3) is 48.8. The van der Waals surface area contributed by atoms with E-state index in [4.69, 9.17) is 10.1 Å². The van der Waals surface area contributed by atoms with Crippen LogP contribution in [0.5, 0.6) is 0 Å². The maximum atomic E-state index is 8.11. The van der Waals surface area contributed by atoms with Crippen molar-refractivity contribution in [3.8, 4) is 0 Å². The van der Waals surface area contributed by atoms with Gasteiger partial charge in [-0.15, -0.1) is 4.91 Å². The molecule has 5 heteroatoms. The van der Waals surface area contributed by atoms with Gasteiger partial charge in [0.2, 0.25) is 0 Å². The molecular formula is H2AlNNaO2. The van der Waals surface area contributed by atoms with E-state index in [0.29, 0.717) is 0 Å². The second-order valence-electron chi connectivity index (χ2n) is 0.0816. The summed E-state index contributed by atoms with van der Waals surface area (Å²) in [5.41, 5.74) is 0. The van der Waals surface area contributed by atoms with Gasteiger partial charge in [-0.25, -0.2) is 0 Å². The molecule has 5 heavy (non-hydrogen) atoms. The van der Waals surface area contributed by atoms with Crippen LogP contribution in [-0.2, 0) is 0 Å². The molecule has 0 saturated heterocycles. The first kappa shape index (κ1) is 16.8. The fourth-order valence-corrected chi connectivity index (χ4v) is 0. The smallest absolute Gasteiger partial charge is 1.00 e.